The van der Waals surface area contributed by atoms with Gasteiger partial charge in [-0.1, -0.05) is 71.2 Å². The Bertz CT molecular complexity index is 2180. The number of pyridine rings is 2. The number of methoxy groups -OCH3 is 2. The number of rotatable bonds is 13. The van der Waals surface area contributed by atoms with Gasteiger partial charge in [0.25, 0.3) is 0 Å². The molecule has 3 heterocycles. The van der Waals surface area contributed by atoms with Gasteiger partial charge in [0.05, 0.1) is 58.8 Å². The van der Waals surface area contributed by atoms with E-state index in [1.54, 1.807) is 26.2 Å². The maximum absolute atomic E-state index is 12.1. The van der Waals surface area contributed by atoms with E-state index in [0.717, 1.165) is 10.9 Å². The summed E-state index contributed by atoms with van der Waals surface area (Å²) in [5, 5.41) is 27.6. The van der Waals surface area contributed by atoms with E-state index in [2.05, 4.69) is 10.6 Å². The molecule has 11 nitrogen and oxygen atoms in total. The minimum Gasteiger partial charge on any atom is -0.496 e. The third-order valence-electron chi connectivity index (χ3n) is 9.05. The summed E-state index contributed by atoms with van der Waals surface area (Å²) in [5.41, 5.74) is 5.75. The number of ether oxygens (including phenoxy) is 2. The highest BCUT2D eigenvalue weighted by Crippen LogP contribution is 2.43. The second-order valence-corrected chi connectivity index (χ2v) is 14.0. The highest BCUT2D eigenvalue weighted by Gasteiger charge is 2.26. The lowest BCUT2D eigenvalue weighted by atomic mass is 9.97. The Morgan fingerprint density at radius 2 is 1.58 bits per heavy atom. The van der Waals surface area contributed by atoms with Crippen LogP contribution in [0.4, 0.5) is 4.79 Å². The molecule has 6 rings (SSSR count). The van der Waals surface area contributed by atoms with E-state index in [0.29, 0.717) is 91.5 Å². The Morgan fingerprint density at radius 1 is 0.943 bits per heavy atom. The van der Waals surface area contributed by atoms with Gasteiger partial charge in [0.15, 0.2) is 0 Å². The second kappa shape index (κ2) is 16.6. The van der Waals surface area contributed by atoms with E-state index in [9.17, 15) is 19.8 Å². The molecule has 3 aromatic carbocycles. The smallest absolute Gasteiger partial charge is 0.407 e. The number of benzene rings is 3. The van der Waals surface area contributed by atoms with Gasteiger partial charge in [-0.15, -0.1) is 0 Å². The summed E-state index contributed by atoms with van der Waals surface area (Å²) in [4.78, 5) is 34.6. The molecule has 1 saturated heterocycles. The number of fused-ring (bicyclic) bond motifs is 1. The lowest BCUT2D eigenvalue weighted by Gasteiger charge is -2.23. The first-order valence-electron chi connectivity index (χ1n) is 16.9. The van der Waals surface area contributed by atoms with Crippen molar-refractivity contribution < 1.29 is 29.3 Å². The van der Waals surface area contributed by atoms with Crippen LogP contribution in [0.25, 0.3) is 44.5 Å². The first-order valence-corrected chi connectivity index (χ1v) is 18.1. The average molecular weight is 779 g/mol. The van der Waals surface area contributed by atoms with Crippen molar-refractivity contribution in [3.05, 3.63) is 92.9 Å². The number of hydrogen-bond acceptors (Lipinski definition) is 8. The van der Waals surface area contributed by atoms with E-state index < -0.39 is 12.2 Å². The molecule has 276 valence electrons. The predicted octanol–water partition coefficient (Wildman–Crippen LogP) is 7.84. The van der Waals surface area contributed by atoms with E-state index in [1.807, 2.05) is 54.6 Å². The summed E-state index contributed by atoms with van der Waals surface area (Å²) < 4.78 is 11.4. The fourth-order valence-electron chi connectivity index (χ4n) is 6.51. The lowest BCUT2D eigenvalue weighted by molar-refractivity contribution is -0.119. The van der Waals surface area contributed by atoms with Crippen LogP contribution in [0.15, 0.2) is 66.7 Å². The van der Waals surface area contributed by atoms with Gasteiger partial charge in [-0.25, -0.2) is 14.8 Å². The summed E-state index contributed by atoms with van der Waals surface area (Å²) in [5.74, 6) is 0.814. The SMILES string of the molecule is COc1nc(-c2cccc(-c3cccc(-c4ccc5c(OC)c(CNC[C@H](C)O)cc(Cl)c5n4)c3Cl)c2Cl)ccc1CN(C[C@@H]1CCC(=O)N1)C(=O)O. The number of nitrogens with one attached hydrogen (secondary N) is 2. The molecule has 2 aromatic heterocycles. The monoisotopic (exact) mass is 777 g/mol. The van der Waals surface area contributed by atoms with Crippen LogP contribution in [0.2, 0.25) is 15.1 Å². The quantitative estimate of drug-likeness (QED) is 0.0940. The number of aromatic nitrogens is 2. The van der Waals surface area contributed by atoms with Crippen molar-refractivity contribution >= 4 is 57.7 Å². The largest absolute Gasteiger partial charge is 0.496 e. The second-order valence-electron chi connectivity index (χ2n) is 12.8. The first kappa shape index (κ1) is 38.1. The maximum Gasteiger partial charge on any atom is 0.407 e. The fourth-order valence-corrected chi connectivity index (χ4v) is 7.44. The molecule has 14 heteroatoms. The zero-order valence-electron chi connectivity index (χ0n) is 29.3. The molecule has 53 heavy (non-hydrogen) atoms. The third kappa shape index (κ3) is 8.30. The molecule has 5 aromatic rings. The number of hydrogen-bond donors (Lipinski definition) is 4. The summed E-state index contributed by atoms with van der Waals surface area (Å²) in [6, 6.07) is 20.1. The molecule has 4 N–H and O–H groups in total. The number of nitrogens with zero attached hydrogens (tertiary/aromatic N) is 3. The molecule has 0 aliphatic carbocycles. The summed E-state index contributed by atoms with van der Waals surface area (Å²) in [7, 11) is 3.07. The maximum atomic E-state index is 12.1. The molecule has 1 aliphatic rings. The van der Waals surface area contributed by atoms with Gasteiger partial charge >= 0.3 is 6.09 Å². The van der Waals surface area contributed by atoms with E-state index in [1.165, 1.54) is 12.0 Å². The molecule has 0 bridgehead atoms. The van der Waals surface area contributed by atoms with Gasteiger partial charge in [-0.3, -0.25) is 4.79 Å². The zero-order valence-corrected chi connectivity index (χ0v) is 31.5. The fraction of sp³-hybridized carbons (Fsp3) is 0.282. The number of amides is 2. The molecule has 0 spiro atoms. The normalized spacial score (nSPS) is 14.6. The van der Waals surface area contributed by atoms with Crippen molar-refractivity contribution in [2.75, 3.05) is 27.3 Å². The average Bonchev–Trinajstić information content (AvgIpc) is 3.56. The van der Waals surface area contributed by atoms with Gasteiger partial charge in [0.1, 0.15) is 5.75 Å². The molecular formula is C39H38Cl3N5O6. The van der Waals surface area contributed by atoms with Crippen LogP contribution in [0.5, 0.6) is 11.6 Å². The Kier molecular flexibility index (Phi) is 11.9. The van der Waals surface area contributed by atoms with Crippen LogP contribution >= 0.6 is 34.8 Å². The van der Waals surface area contributed by atoms with E-state index in [4.69, 9.17) is 54.2 Å². The topological polar surface area (TPSA) is 146 Å². The van der Waals surface area contributed by atoms with Crippen LogP contribution in [-0.2, 0) is 17.9 Å². The Labute approximate surface area is 321 Å². The molecule has 2 atom stereocenters. The van der Waals surface area contributed by atoms with Crippen LogP contribution in [0.3, 0.4) is 0 Å². The van der Waals surface area contributed by atoms with Crippen molar-refractivity contribution in [2.24, 2.45) is 0 Å². The summed E-state index contributed by atoms with van der Waals surface area (Å²) in [6.07, 6.45) is -0.646. The van der Waals surface area contributed by atoms with Crippen molar-refractivity contribution in [1.29, 1.82) is 0 Å². The third-order valence-corrected chi connectivity index (χ3v) is 10.1. The van der Waals surface area contributed by atoms with Crippen molar-refractivity contribution in [1.82, 2.24) is 25.5 Å². The Morgan fingerprint density at radius 3 is 2.17 bits per heavy atom. The van der Waals surface area contributed by atoms with E-state index in [-0.39, 0.29) is 30.9 Å². The molecule has 2 amide bonds. The van der Waals surface area contributed by atoms with Gasteiger partial charge in [0, 0.05) is 70.9 Å². The zero-order chi connectivity index (χ0) is 37.8. The highest BCUT2D eigenvalue weighted by molar-refractivity contribution is 6.39. The number of carboxylic acid groups (broad SMARTS) is 1. The summed E-state index contributed by atoms with van der Waals surface area (Å²) >= 11 is 21.0. The highest BCUT2D eigenvalue weighted by atomic mass is 35.5. The lowest BCUT2D eigenvalue weighted by Crippen LogP contribution is -2.41. The van der Waals surface area contributed by atoms with Crippen LogP contribution < -0.4 is 20.1 Å². The van der Waals surface area contributed by atoms with Crippen molar-refractivity contribution in [2.45, 2.75) is 45.0 Å². The molecule has 0 radical (unpaired) electrons. The van der Waals surface area contributed by atoms with Gasteiger partial charge < -0.3 is 35.2 Å². The first-order chi connectivity index (χ1) is 25.5. The molecular weight excluding hydrogens is 741 g/mol. The van der Waals surface area contributed by atoms with Crippen molar-refractivity contribution in [3.63, 3.8) is 0 Å². The van der Waals surface area contributed by atoms with Gasteiger partial charge in [0.2, 0.25) is 11.8 Å². The minimum atomic E-state index is -1.11. The predicted molar refractivity (Wildman–Crippen MR) is 207 cm³/mol. The van der Waals surface area contributed by atoms with Gasteiger partial charge in [-0.2, -0.15) is 0 Å². The molecule has 0 saturated carbocycles. The minimum absolute atomic E-state index is 0.0253. The number of carbonyl (C=O) groups is 2. The van der Waals surface area contributed by atoms with E-state index >= 15 is 0 Å². The summed E-state index contributed by atoms with van der Waals surface area (Å²) in [6.45, 7) is 2.77. The Hall–Kier alpha value is -4.65. The van der Waals surface area contributed by atoms with Crippen molar-refractivity contribution in [3.8, 4) is 45.3 Å². The number of carbonyl (C=O) groups excluding carboxylic acids is 1. The van der Waals surface area contributed by atoms with Crippen LogP contribution in [0.1, 0.15) is 30.9 Å². The number of aliphatic hydroxyl groups is 1. The molecule has 1 aliphatic heterocycles. The Balaban J connectivity index is 1.30. The van der Waals surface area contributed by atoms with Crippen LogP contribution in [0, 0.1) is 0 Å². The molecule has 1 fully saturated rings. The van der Waals surface area contributed by atoms with Crippen LogP contribution in [-0.4, -0.2) is 76.5 Å². The standard InChI is InChI=1S/C39H38Cl3N5O6/c1-21(48)17-43-18-23-16-30(40)36-29(37(23)52-2)12-14-31(45-36)27-8-4-6-25(34(27)41)26-7-5-9-28(35(26)42)32-13-10-22(38(46-32)53-3)19-47(39(50)51)20-24-11-15-33(49)44-24/h4-10,12-14,16,21,24,43,48H,11,15,17-20H2,1-3H3,(H,44,49)(H,50,51)/t21-,24-/m0/s1. The molecule has 0 unspecified atom stereocenters. The number of halogens is 3. The van der Waals surface area contributed by atoms with Gasteiger partial charge in [-0.05, 0) is 43.7 Å². The number of aliphatic hydroxyl groups excluding tert-OH is 1.